The summed E-state index contributed by atoms with van der Waals surface area (Å²) in [6.45, 7) is 4.09. The van der Waals surface area contributed by atoms with Crippen LogP contribution in [0.2, 0.25) is 0 Å². The van der Waals surface area contributed by atoms with Crippen LogP contribution in [0.1, 0.15) is 26.7 Å². The Balaban J connectivity index is 2.49. The van der Waals surface area contributed by atoms with E-state index in [1.807, 2.05) is 6.92 Å². The molecule has 0 aromatic heterocycles. The summed E-state index contributed by atoms with van der Waals surface area (Å²) in [5.41, 5.74) is 0. The van der Waals surface area contributed by atoms with Crippen molar-refractivity contribution in [3.63, 3.8) is 0 Å². The van der Waals surface area contributed by atoms with Crippen LogP contribution < -0.4 is 0 Å². The highest BCUT2D eigenvalue weighted by atomic mass is 32.2. The summed E-state index contributed by atoms with van der Waals surface area (Å²) < 4.78 is 5.40. The molecule has 0 unspecified atom stereocenters. The van der Waals surface area contributed by atoms with Gasteiger partial charge in [0.05, 0.1) is 11.5 Å². The molecule has 6 heteroatoms. The SMILES string of the molecule is C/C=C1/SC(=S)N(CC(=O)OCCCC)C1=O. The molecule has 0 aromatic carbocycles. The monoisotopic (exact) mass is 273 g/mol. The lowest BCUT2D eigenvalue weighted by Crippen LogP contribution is -2.34. The number of unbranched alkanes of at least 4 members (excludes halogenated alkanes) is 1. The Morgan fingerprint density at radius 1 is 1.59 bits per heavy atom. The first-order valence-electron chi connectivity index (χ1n) is 5.45. The molecule has 94 valence electrons. The van der Waals surface area contributed by atoms with Crippen LogP contribution in [0.3, 0.4) is 0 Å². The number of rotatable bonds is 5. The van der Waals surface area contributed by atoms with E-state index in [1.165, 1.54) is 16.7 Å². The summed E-state index contributed by atoms with van der Waals surface area (Å²) >= 11 is 6.25. The van der Waals surface area contributed by atoms with Gasteiger partial charge in [0, 0.05) is 0 Å². The second-order valence-electron chi connectivity index (χ2n) is 3.49. The highest BCUT2D eigenvalue weighted by Gasteiger charge is 2.33. The molecule has 0 aliphatic carbocycles. The minimum absolute atomic E-state index is 0.0915. The van der Waals surface area contributed by atoms with E-state index >= 15 is 0 Å². The number of thiocarbonyl (C=S) groups is 1. The standard InChI is InChI=1S/C11H15NO3S2/c1-3-5-6-15-9(13)7-12-10(14)8(4-2)17-11(12)16/h4H,3,5-7H2,1-2H3/b8-4+. The summed E-state index contributed by atoms with van der Waals surface area (Å²) in [6.07, 6.45) is 3.49. The van der Waals surface area contributed by atoms with Gasteiger partial charge in [-0.2, -0.15) is 0 Å². The van der Waals surface area contributed by atoms with Crippen LogP contribution in [0.25, 0.3) is 0 Å². The van der Waals surface area contributed by atoms with Gasteiger partial charge in [0.2, 0.25) is 0 Å². The zero-order valence-corrected chi connectivity index (χ0v) is 11.5. The molecule has 0 N–H and O–H groups in total. The van der Waals surface area contributed by atoms with Crippen LogP contribution in [0, 0.1) is 0 Å². The quantitative estimate of drug-likeness (QED) is 0.332. The van der Waals surface area contributed by atoms with Crippen LogP contribution >= 0.6 is 24.0 Å². The molecule has 0 radical (unpaired) electrons. The Morgan fingerprint density at radius 3 is 2.82 bits per heavy atom. The molecule has 0 aromatic rings. The van der Waals surface area contributed by atoms with Gasteiger partial charge in [-0.3, -0.25) is 14.5 Å². The number of hydrogen-bond donors (Lipinski definition) is 0. The first-order valence-corrected chi connectivity index (χ1v) is 6.68. The zero-order valence-electron chi connectivity index (χ0n) is 9.89. The van der Waals surface area contributed by atoms with Gasteiger partial charge >= 0.3 is 5.97 Å². The number of nitrogens with zero attached hydrogens (tertiary/aromatic N) is 1. The lowest BCUT2D eigenvalue weighted by Gasteiger charge is -2.13. The zero-order chi connectivity index (χ0) is 12.8. The van der Waals surface area contributed by atoms with Crippen LogP contribution in [0.5, 0.6) is 0 Å². The molecule has 1 heterocycles. The molecule has 1 amide bonds. The average molecular weight is 273 g/mol. The first-order chi connectivity index (χ1) is 8.10. The van der Waals surface area contributed by atoms with Crippen LogP contribution in [-0.2, 0) is 14.3 Å². The summed E-state index contributed by atoms with van der Waals surface area (Å²) in [7, 11) is 0. The number of amides is 1. The van der Waals surface area contributed by atoms with Gasteiger partial charge in [0.25, 0.3) is 5.91 Å². The van der Waals surface area contributed by atoms with Crippen LogP contribution in [0.15, 0.2) is 11.0 Å². The summed E-state index contributed by atoms with van der Waals surface area (Å²) in [5.74, 6) is -0.623. The molecule has 1 fully saturated rings. The van der Waals surface area contributed by atoms with Gasteiger partial charge < -0.3 is 4.74 Å². The van der Waals surface area contributed by atoms with Gasteiger partial charge in [-0.25, -0.2) is 0 Å². The largest absolute Gasteiger partial charge is 0.464 e. The van der Waals surface area contributed by atoms with E-state index in [1.54, 1.807) is 13.0 Å². The van der Waals surface area contributed by atoms with Crippen LogP contribution in [-0.4, -0.2) is 34.2 Å². The van der Waals surface area contributed by atoms with Crippen molar-refractivity contribution in [2.45, 2.75) is 26.7 Å². The van der Waals surface area contributed by atoms with Crippen molar-refractivity contribution >= 4 is 40.2 Å². The Bertz CT molecular complexity index is 366. The molecule has 17 heavy (non-hydrogen) atoms. The van der Waals surface area contributed by atoms with E-state index in [0.717, 1.165) is 12.8 Å². The highest BCUT2D eigenvalue weighted by molar-refractivity contribution is 8.26. The Labute approximate surface area is 110 Å². The number of ether oxygens (including phenoxy) is 1. The second-order valence-corrected chi connectivity index (χ2v) is 5.16. The molecule has 1 saturated heterocycles. The fourth-order valence-corrected chi connectivity index (χ4v) is 2.41. The molecule has 0 atom stereocenters. The number of hydrogen-bond acceptors (Lipinski definition) is 5. The topological polar surface area (TPSA) is 46.6 Å². The maximum Gasteiger partial charge on any atom is 0.326 e. The minimum Gasteiger partial charge on any atom is -0.464 e. The number of esters is 1. The predicted molar refractivity (Wildman–Crippen MR) is 71.5 cm³/mol. The van der Waals surface area contributed by atoms with Gasteiger partial charge in [0.15, 0.2) is 0 Å². The smallest absolute Gasteiger partial charge is 0.326 e. The minimum atomic E-state index is -0.410. The lowest BCUT2D eigenvalue weighted by molar-refractivity contribution is -0.146. The van der Waals surface area contributed by atoms with E-state index in [2.05, 4.69) is 0 Å². The normalized spacial score (nSPS) is 18.0. The third-order valence-electron chi connectivity index (χ3n) is 2.18. The van der Waals surface area contributed by atoms with Gasteiger partial charge in [-0.15, -0.1) is 0 Å². The lowest BCUT2D eigenvalue weighted by atomic mass is 10.4. The summed E-state index contributed by atoms with van der Waals surface area (Å²) in [6, 6.07) is 0. The van der Waals surface area contributed by atoms with Gasteiger partial charge in [-0.05, 0) is 13.3 Å². The van der Waals surface area contributed by atoms with E-state index in [4.69, 9.17) is 17.0 Å². The molecule has 0 bridgehead atoms. The second kappa shape index (κ2) is 6.76. The molecule has 0 saturated carbocycles. The molecular weight excluding hydrogens is 258 g/mol. The van der Waals surface area contributed by atoms with E-state index in [-0.39, 0.29) is 12.5 Å². The number of allylic oxidation sites excluding steroid dienone is 1. The van der Waals surface area contributed by atoms with Crippen LogP contribution in [0.4, 0.5) is 0 Å². The highest BCUT2D eigenvalue weighted by Crippen LogP contribution is 2.30. The molecule has 1 aliphatic rings. The molecule has 4 nitrogen and oxygen atoms in total. The fourth-order valence-electron chi connectivity index (χ4n) is 1.23. The number of thioether (sulfide) groups is 1. The average Bonchev–Trinajstić information content (AvgIpc) is 2.57. The van der Waals surface area contributed by atoms with Crippen molar-refractivity contribution in [1.82, 2.24) is 4.90 Å². The predicted octanol–water partition coefficient (Wildman–Crippen LogP) is 2.09. The maximum atomic E-state index is 11.8. The van der Waals surface area contributed by atoms with Crippen molar-refractivity contribution in [3.05, 3.63) is 11.0 Å². The van der Waals surface area contributed by atoms with Crippen molar-refractivity contribution in [2.75, 3.05) is 13.2 Å². The van der Waals surface area contributed by atoms with E-state index in [0.29, 0.717) is 15.8 Å². The van der Waals surface area contributed by atoms with E-state index in [9.17, 15) is 9.59 Å². The van der Waals surface area contributed by atoms with Crippen molar-refractivity contribution in [2.24, 2.45) is 0 Å². The summed E-state index contributed by atoms with van der Waals surface area (Å²) in [5, 5.41) is 0. The molecular formula is C11H15NO3S2. The molecule has 1 rings (SSSR count). The summed E-state index contributed by atoms with van der Waals surface area (Å²) in [4.78, 5) is 25.1. The molecule has 0 spiro atoms. The Kier molecular flexibility index (Phi) is 5.64. The van der Waals surface area contributed by atoms with Crippen molar-refractivity contribution in [1.29, 1.82) is 0 Å². The molecule has 1 aliphatic heterocycles. The van der Waals surface area contributed by atoms with Gasteiger partial charge in [0.1, 0.15) is 10.9 Å². The number of carbonyl (C=O) groups excluding carboxylic acids is 2. The van der Waals surface area contributed by atoms with E-state index < -0.39 is 5.97 Å². The van der Waals surface area contributed by atoms with Crippen molar-refractivity contribution in [3.8, 4) is 0 Å². The maximum absolute atomic E-state index is 11.8. The fraction of sp³-hybridized carbons (Fsp3) is 0.545. The number of carbonyl (C=O) groups is 2. The Hall–Kier alpha value is -0.880. The first kappa shape index (κ1) is 14.2. The third-order valence-corrected chi connectivity index (χ3v) is 3.68. The van der Waals surface area contributed by atoms with Gasteiger partial charge in [-0.1, -0.05) is 43.4 Å². The third kappa shape index (κ3) is 3.81. The Morgan fingerprint density at radius 2 is 2.29 bits per heavy atom. The van der Waals surface area contributed by atoms with Crippen molar-refractivity contribution < 1.29 is 14.3 Å².